The molecule has 0 bridgehead atoms. The second kappa shape index (κ2) is 9.09. The molecule has 0 radical (unpaired) electrons. The Labute approximate surface area is 176 Å². The molecule has 1 saturated heterocycles. The number of thiophene rings is 1. The van der Waals surface area contributed by atoms with Crippen LogP contribution >= 0.6 is 11.3 Å². The minimum Gasteiger partial charge on any atom is -0.326 e. The van der Waals surface area contributed by atoms with Gasteiger partial charge in [0, 0.05) is 18.3 Å². The lowest BCUT2D eigenvalue weighted by Crippen LogP contribution is -2.32. The van der Waals surface area contributed by atoms with Gasteiger partial charge in [0.1, 0.15) is 5.69 Å². The molecule has 154 valence electrons. The van der Waals surface area contributed by atoms with Crippen molar-refractivity contribution in [2.24, 2.45) is 0 Å². The van der Waals surface area contributed by atoms with Gasteiger partial charge in [-0.25, -0.2) is 4.98 Å². The predicted octanol–water partition coefficient (Wildman–Crippen LogP) is 4.87. The smallest absolute Gasteiger partial charge is 0.221 e. The van der Waals surface area contributed by atoms with Crippen LogP contribution in [0.3, 0.4) is 0 Å². The second-order valence-electron chi connectivity index (χ2n) is 7.80. The van der Waals surface area contributed by atoms with Gasteiger partial charge >= 0.3 is 0 Å². The summed E-state index contributed by atoms with van der Waals surface area (Å²) >= 11 is 1.47. The van der Waals surface area contributed by atoms with Gasteiger partial charge in [-0.15, -0.1) is 11.3 Å². The van der Waals surface area contributed by atoms with Crippen LogP contribution in [0.5, 0.6) is 0 Å². The molecule has 6 heteroatoms. The first-order chi connectivity index (χ1) is 14.2. The van der Waals surface area contributed by atoms with Gasteiger partial charge in [-0.2, -0.15) is 0 Å². The number of hydrogen-bond acceptors (Lipinski definition) is 5. The number of carbonyl (C=O) groups excluding carboxylic acids is 1. The molecule has 3 aromatic heterocycles. The average Bonchev–Trinajstić information content (AvgIpc) is 3.42. The molecule has 4 rings (SSSR count). The Morgan fingerprint density at radius 1 is 1.24 bits per heavy atom. The van der Waals surface area contributed by atoms with Crippen LogP contribution in [-0.4, -0.2) is 46.5 Å². The summed E-state index contributed by atoms with van der Waals surface area (Å²) in [7, 11) is 0. The molecule has 0 atom stereocenters. The second-order valence-corrected chi connectivity index (χ2v) is 8.74. The number of carbonyl (C=O) groups is 1. The van der Waals surface area contributed by atoms with Crippen molar-refractivity contribution >= 4 is 28.2 Å². The number of likely N-dealkylation sites (tertiary alicyclic amines) is 1. The number of hydrogen-bond donors (Lipinski definition) is 1. The monoisotopic (exact) mass is 410 g/mol. The maximum Gasteiger partial charge on any atom is 0.221 e. The van der Waals surface area contributed by atoms with Crippen molar-refractivity contribution in [3.63, 3.8) is 0 Å². The Bertz CT molecular complexity index is 955. The third kappa shape index (κ3) is 4.23. The maximum absolute atomic E-state index is 12.9. The van der Waals surface area contributed by atoms with E-state index in [1.54, 1.807) is 0 Å². The van der Waals surface area contributed by atoms with E-state index >= 15 is 0 Å². The highest BCUT2D eigenvalue weighted by atomic mass is 32.1. The van der Waals surface area contributed by atoms with E-state index in [0.29, 0.717) is 11.6 Å². The van der Waals surface area contributed by atoms with Gasteiger partial charge in [0.15, 0.2) is 0 Å². The Balaban J connectivity index is 1.69. The number of unbranched alkanes of at least 4 members (excludes halogenated alkanes) is 1. The molecule has 0 spiro atoms. The molecule has 1 aliphatic heterocycles. The molecule has 29 heavy (non-hydrogen) atoms. The first-order valence-corrected chi connectivity index (χ1v) is 11.7. The van der Waals surface area contributed by atoms with Crippen LogP contribution in [0.1, 0.15) is 66.4 Å². The van der Waals surface area contributed by atoms with E-state index < -0.39 is 0 Å². The molecule has 1 N–H and O–H groups in total. The van der Waals surface area contributed by atoms with Crippen LogP contribution in [0.4, 0.5) is 0 Å². The molecule has 0 saturated carbocycles. The molecule has 1 aliphatic rings. The largest absolute Gasteiger partial charge is 0.326 e. The lowest BCUT2D eigenvalue weighted by Gasteiger charge is -2.30. The highest BCUT2D eigenvalue weighted by Gasteiger charge is 2.25. The van der Waals surface area contributed by atoms with Crippen LogP contribution in [0.2, 0.25) is 0 Å². The van der Waals surface area contributed by atoms with Gasteiger partial charge in [-0.1, -0.05) is 26.3 Å². The zero-order valence-corrected chi connectivity index (χ0v) is 18.2. The average molecular weight is 411 g/mol. The number of nitrogens with zero attached hydrogens (tertiary/aromatic N) is 3. The van der Waals surface area contributed by atoms with Gasteiger partial charge < -0.3 is 10.3 Å². The van der Waals surface area contributed by atoms with Gasteiger partial charge in [0.25, 0.3) is 0 Å². The van der Waals surface area contributed by atoms with E-state index in [1.165, 1.54) is 16.9 Å². The molecule has 0 aromatic carbocycles. The summed E-state index contributed by atoms with van der Waals surface area (Å²) in [5, 5.41) is 1.94. The van der Waals surface area contributed by atoms with Crippen LogP contribution in [0.15, 0.2) is 35.8 Å². The Morgan fingerprint density at radius 2 is 2.07 bits per heavy atom. The van der Waals surface area contributed by atoms with Crippen LogP contribution < -0.4 is 5.43 Å². The third-order valence-corrected chi connectivity index (χ3v) is 6.81. The minimum absolute atomic E-state index is 0.0142. The van der Waals surface area contributed by atoms with Crippen molar-refractivity contribution in [3.05, 3.63) is 52.0 Å². The molecule has 1 fully saturated rings. The van der Waals surface area contributed by atoms with Crippen molar-refractivity contribution in [2.75, 3.05) is 31.6 Å². The summed E-state index contributed by atoms with van der Waals surface area (Å²) < 4.78 is 2.12. The highest BCUT2D eigenvalue weighted by molar-refractivity contribution is 7.12. The van der Waals surface area contributed by atoms with E-state index in [4.69, 9.17) is 4.98 Å². The van der Waals surface area contributed by atoms with E-state index in [-0.39, 0.29) is 5.78 Å². The summed E-state index contributed by atoms with van der Waals surface area (Å²) in [6, 6.07) is 7.70. The van der Waals surface area contributed by atoms with Crippen molar-refractivity contribution in [2.45, 2.75) is 45.4 Å². The summed E-state index contributed by atoms with van der Waals surface area (Å²) in [5.74, 6) is 0.509. The van der Waals surface area contributed by atoms with Gasteiger partial charge in [0.2, 0.25) is 5.78 Å². The third-order valence-electron chi connectivity index (χ3n) is 5.94. The van der Waals surface area contributed by atoms with E-state index in [0.717, 1.165) is 67.8 Å². The minimum atomic E-state index is 0.0142. The van der Waals surface area contributed by atoms with E-state index in [2.05, 4.69) is 35.0 Å². The maximum atomic E-state index is 12.9. The molecule has 0 amide bonds. The SMILES string of the molecule is CCCCNn1cc(C2CCN(CC)CC2)c2nc(C(=O)c3cccs3)ccc21. The van der Waals surface area contributed by atoms with Crippen molar-refractivity contribution in [3.8, 4) is 0 Å². The topological polar surface area (TPSA) is 50.2 Å². The number of rotatable bonds is 8. The number of ketones is 1. The molecular formula is C23H30N4OS. The fourth-order valence-corrected chi connectivity index (χ4v) is 4.83. The molecule has 0 aliphatic carbocycles. The standard InChI is InChI=1S/C23H30N4OS/c1-3-5-12-24-27-16-18(17-10-13-26(4-2)14-11-17)22-20(27)9-8-19(25-22)23(28)21-7-6-15-29-21/h6-9,15-17,24H,3-5,10-14H2,1-2H3. The lowest BCUT2D eigenvalue weighted by atomic mass is 9.90. The zero-order valence-electron chi connectivity index (χ0n) is 17.4. The Morgan fingerprint density at radius 3 is 2.76 bits per heavy atom. The molecule has 5 nitrogen and oxygen atoms in total. The van der Waals surface area contributed by atoms with Crippen molar-refractivity contribution < 1.29 is 4.79 Å². The fraction of sp³-hybridized carbons (Fsp3) is 0.478. The number of pyridine rings is 1. The van der Waals surface area contributed by atoms with Gasteiger partial charge in [-0.3, -0.25) is 9.47 Å². The van der Waals surface area contributed by atoms with Crippen LogP contribution in [0.25, 0.3) is 11.0 Å². The van der Waals surface area contributed by atoms with Gasteiger partial charge in [0.05, 0.1) is 15.9 Å². The quantitative estimate of drug-likeness (QED) is 0.425. The summed E-state index contributed by atoms with van der Waals surface area (Å²) in [6.45, 7) is 8.74. The van der Waals surface area contributed by atoms with Crippen LogP contribution in [0, 0.1) is 0 Å². The number of aromatic nitrogens is 2. The van der Waals surface area contributed by atoms with Crippen molar-refractivity contribution in [1.82, 2.24) is 14.6 Å². The predicted molar refractivity (Wildman–Crippen MR) is 121 cm³/mol. The van der Waals surface area contributed by atoms with E-state index in [1.807, 2.05) is 29.6 Å². The molecule has 0 unspecified atom stereocenters. The summed E-state index contributed by atoms with van der Waals surface area (Å²) in [6.07, 6.45) is 6.80. The number of nitrogens with one attached hydrogen (secondary N) is 1. The fourth-order valence-electron chi connectivity index (χ4n) is 4.15. The van der Waals surface area contributed by atoms with Crippen molar-refractivity contribution in [1.29, 1.82) is 0 Å². The zero-order chi connectivity index (χ0) is 20.2. The lowest BCUT2D eigenvalue weighted by molar-refractivity contribution is 0.103. The molecule has 4 heterocycles. The first-order valence-electron chi connectivity index (χ1n) is 10.8. The van der Waals surface area contributed by atoms with Gasteiger partial charge in [-0.05, 0) is 68.4 Å². The van der Waals surface area contributed by atoms with Crippen LogP contribution in [-0.2, 0) is 0 Å². The summed E-state index contributed by atoms with van der Waals surface area (Å²) in [5.41, 5.74) is 7.39. The first kappa shape index (κ1) is 20.1. The molecule has 3 aromatic rings. The number of fused-ring (bicyclic) bond motifs is 1. The molecular weight excluding hydrogens is 380 g/mol. The summed E-state index contributed by atoms with van der Waals surface area (Å²) in [4.78, 5) is 21.0. The Kier molecular flexibility index (Phi) is 6.31. The van der Waals surface area contributed by atoms with E-state index in [9.17, 15) is 4.79 Å². The Hall–Kier alpha value is -2.18. The highest BCUT2D eigenvalue weighted by Crippen LogP contribution is 2.33. The normalized spacial score (nSPS) is 15.8. The number of piperidine rings is 1.